The first kappa shape index (κ1) is 13.8. The number of benzene rings is 1. The normalized spacial score (nSPS) is 16.6. The van der Waals surface area contributed by atoms with Crippen LogP contribution in [-0.4, -0.2) is 12.4 Å². The van der Waals surface area contributed by atoms with E-state index in [-0.39, 0.29) is 23.0 Å². The first-order valence-electron chi connectivity index (χ1n) is 6.46. The van der Waals surface area contributed by atoms with Crippen LogP contribution in [0.25, 0.3) is 0 Å². The lowest BCUT2D eigenvalue weighted by molar-refractivity contribution is -0.0501. The van der Waals surface area contributed by atoms with E-state index in [1.54, 1.807) is 0 Å². The smallest absolute Gasteiger partial charge is 0.387 e. The molecule has 1 fully saturated rings. The minimum Gasteiger partial charge on any atom is -0.434 e. The molecule has 2 rings (SSSR count). The van der Waals surface area contributed by atoms with Gasteiger partial charge in [0, 0.05) is 11.6 Å². The van der Waals surface area contributed by atoms with E-state index in [4.69, 9.17) is 5.73 Å². The number of halogens is 2. The summed E-state index contributed by atoms with van der Waals surface area (Å²) in [6.45, 7) is -2.94. The number of carbonyl (C=O) groups is 1. The van der Waals surface area contributed by atoms with Crippen LogP contribution >= 0.6 is 0 Å². The van der Waals surface area contributed by atoms with Crippen LogP contribution in [0.1, 0.15) is 42.5 Å². The average Bonchev–Trinajstić information content (AvgIpc) is 2.40. The van der Waals surface area contributed by atoms with Crippen molar-refractivity contribution in [3.8, 4) is 5.75 Å². The maximum Gasteiger partial charge on any atom is 0.387 e. The van der Waals surface area contributed by atoms with Crippen LogP contribution in [0.4, 0.5) is 14.5 Å². The second kappa shape index (κ2) is 5.99. The van der Waals surface area contributed by atoms with Crippen LogP contribution in [-0.2, 0) is 0 Å². The van der Waals surface area contributed by atoms with Gasteiger partial charge in [0.2, 0.25) is 0 Å². The van der Waals surface area contributed by atoms with Crippen LogP contribution in [0.15, 0.2) is 18.2 Å². The van der Waals surface area contributed by atoms with E-state index in [2.05, 4.69) is 4.74 Å². The molecule has 104 valence electrons. The van der Waals surface area contributed by atoms with Crippen molar-refractivity contribution in [1.82, 2.24) is 0 Å². The average molecular weight is 269 g/mol. The SMILES string of the molecule is Nc1ccc(OC(F)F)c(C(=O)C2CCCCC2)c1. The molecule has 0 unspecified atom stereocenters. The second-order valence-electron chi connectivity index (χ2n) is 4.83. The summed E-state index contributed by atoms with van der Waals surface area (Å²) in [7, 11) is 0. The van der Waals surface area contributed by atoms with Gasteiger partial charge in [0.05, 0.1) is 5.56 Å². The highest BCUT2D eigenvalue weighted by Gasteiger charge is 2.25. The summed E-state index contributed by atoms with van der Waals surface area (Å²) in [4.78, 5) is 12.4. The molecule has 3 nitrogen and oxygen atoms in total. The molecule has 0 aliphatic heterocycles. The summed E-state index contributed by atoms with van der Waals surface area (Å²) in [5, 5.41) is 0. The first-order valence-corrected chi connectivity index (χ1v) is 6.46. The zero-order chi connectivity index (χ0) is 13.8. The van der Waals surface area contributed by atoms with Gasteiger partial charge in [0.25, 0.3) is 0 Å². The molecule has 1 aliphatic rings. The number of rotatable bonds is 4. The molecule has 0 amide bonds. The van der Waals surface area contributed by atoms with Gasteiger partial charge in [-0.3, -0.25) is 4.79 Å². The number of ketones is 1. The molecular weight excluding hydrogens is 252 g/mol. The van der Waals surface area contributed by atoms with Crippen molar-refractivity contribution in [2.45, 2.75) is 38.7 Å². The Balaban J connectivity index is 2.25. The Morgan fingerprint density at radius 2 is 1.95 bits per heavy atom. The highest BCUT2D eigenvalue weighted by molar-refractivity contribution is 6.01. The fourth-order valence-corrected chi connectivity index (χ4v) is 2.52. The Morgan fingerprint density at radius 1 is 1.26 bits per heavy atom. The third-order valence-electron chi connectivity index (χ3n) is 3.46. The summed E-state index contributed by atoms with van der Waals surface area (Å²) >= 11 is 0. The monoisotopic (exact) mass is 269 g/mol. The van der Waals surface area contributed by atoms with Gasteiger partial charge in [0.1, 0.15) is 5.75 Å². The number of anilines is 1. The van der Waals surface area contributed by atoms with E-state index in [9.17, 15) is 13.6 Å². The number of nitrogen functional groups attached to an aromatic ring is 1. The Labute approximate surface area is 110 Å². The quantitative estimate of drug-likeness (QED) is 0.670. The van der Waals surface area contributed by atoms with E-state index in [0.29, 0.717) is 5.69 Å². The highest BCUT2D eigenvalue weighted by Crippen LogP contribution is 2.31. The van der Waals surface area contributed by atoms with Crippen molar-refractivity contribution < 1.29 is 18.3 Å². The van der Waals surface area contributed by atoms with Gasteiger partial charge in [-0.2, -0.15) is 8.78 Å². The van der Waals surface area contributed by atoms with Gasteiger partial charge in [-0.05, 0) is 31.0 Å². The number of carbonyl (C=O) groups excluding carboxylic acids is 1. The predicted molar refractivity (Wildman–Crippen MR) is 68.4 cm³/mol. The summed E-state index contributed by atoms with van der Waals surface area (Å²) in [5.41, 5.74) is 6.18. The fourth-order valence-electron chi connectivity index (χ4n) is 2.52. The molecule has 0 radical (unpaired) electrons. The van der Waals surface area contributed by atoms with E-state index in [1.165, 1.54) is 18.2 Å². The molecule has 1 aromatic carbocycles. The van der Waals surface area contributed by atoms with Crippen LogP contribution in [0.2, 0.25) is 0 Å². The largest absolute Gasteiger partial charge is 0.434 e. The van der Waals surface area contributed by atoms with Crippen molar-refractivity contribution in [2.75, 3.05) is 5.73 Å². The standard InChI is InChI=1S/C14H17F2NO2/c15-14(16)19-12-7-6-10(17)8-11(12)13(18)9-4-2-1-3-5-9/h6-9,14H,1-5,17H2. The minimum absolute atomic E-state index is 0.0835. The molecule has 0 aromatic heterocycles. The maximum atomic E-state index is 12.4. The van der Waals surface area contributed by atoms with E-state index < -0.39 is 6.61 Å². The van der Waals surface area contributed by atoms with Crippen LogP contribution in [0.5, 0.6) is 5.75 Å². The third kappa shape index (κ3) is 3.43. The lowest BCUT2D eigenvalue weighted by atomic mass is 9.83. The van der Waals surface area contributed by atoms with Crippen molar-refractivity contribution in [2.24, 2.45) is 5.92 Å². The van der Waals surface area contributed by atoms with Crippen molar-refractivity contribution in [3.63, 3.8) is 0 Å². The highest BCUT2D eigenvalue weighted by atomic mass is 19.3. The number of hydrogen-bond donors (Lipinski definition) is 1. The Bertz CT molecular complexity index is 457. The number of hydrogen-bond acceptors (Lipinski definition) is 3. The zero-order valence-corrected chi connectivity index (χ0v) is 10.6. The Hall–Kier alpha value is -1.65. The summed E-state index contributed by atoms with van der Waals surface area (Å²) in [6.07, 6.45) is 4.75. The molecule has 0 heterocycles. The topological polar surface area (TPSA) is 52.3 Å². The van der Waals surface area contributed by atoms with E-state index in [0.717, 1.165) is 32.1 Å². The molecule has 5 heteroatoms. The molecular formula is C14H17F2NO2. The molecule has 0 bridgehead atoms. The number of Topliss-reactive ketones (excluding diaryl/α,β-unsaturated/α-hetero) is 1. The molecule has 0 spiro atoms. The maximum absolute atomic E-state index is 12.4. The van der Waals surface area contributed by atoms with Gasteiger partial charge < -0.3 is 10.5 Å². The van der Waals surface area contributed by atoms with E-state index >= 15 is 0 Å². The van der Waals surface area contributed by atoms with E-state index in [1.807, 2.05) is 0 Å². The Morgan fingerprint density at radius 3 is 2.58 bits per heavy atom. The first-order chi connectivity index (χ1) is 9.08. The minimum atomic E-state index is -2.94. The molecule has 1 aromatic rings. The number of nitrogens with two attached hydrogens (primary N) is 1. The van der Waals surface area contributed by atoms with Crippen LogP contribution in [0, 0.1) is 5.92 Å². The summed E-state index contributed by atoms with van der Waals surface area (Å²) in [6, 6.07) is 4.21. The molecule has 2 N–H and O–H groups in total. The van der Waals surface area contributed by atoms with Gasteiger partial charge in [-0.15, -0.1) is 0 Å². The molecule has 0 atom stereocenters. The van der Waals surface area contributed by atoms with Crippen molar-refractivity contribution in [1.29, 1.82) is 0 Å². The number of alkyl halides is 2. The Kier molecular flexibility index (Phi) is 4.35. The van der Waals surface area contributed by atoms with Crippen LogP contribution < -0.4 is 10.5 Å². The van der Waals surface area contributed by atoms with Gasteiger partial charge in [-0.25, -0.2) is 0 Å². The molecule has 1 aliphatic carbocycles. The van der Waals surface area contributed by atoms with Gasteiger partial charge >= 0.3 is 6.61 Å². The summed E-state index contributed by atoms with van der Waals surface area (Å²) < 4.78 is 29.1. The van der Waals surface area contributed by atoms with Crippen molar-refractivity contribution >= 4 is 11.5 Å². The number of ether oxygens (including phenoxy) is 1. The second-order valence-corrected chi connectivity index (χ2v) is 4.83. The van der Waals surface area contributed by atoms with Crippen molar-refractivity contribution in [3.05, 3.63) is 23.8 Å². The lowest BCUT2D eigenvalue weighted by Crippen LogP contribution is -2.19. The molecule has 1 saturated carbocycles. The fraction of sp³-hybridized carbons (Fsp3) is 0.500. The third-order valence-corrected chi connectivity index (χ3v) is 3.46. The van der Waals surface area contributed by atoms with Gasteiger partial charge in [0.15, 0.2) is 5.78 Å². The summed E-state index contributed by atoms with van der Waals surface area (Å²) in [5.74, 6) is -0.321. The zero-order valence-electron chi connectivity index (χ0n) is 10.6. The predicted octanol–water partition coefficient (Wildman–Crippen LogP) is 3.63. The van der Waals surface area contributed by atoms with Gasteiger partial charge in [-0.1, -0.05) is 19.3 Å². The lowest BCUT2D eigenvalue weighted by Gasteiger charge is -2.21. The molecule has 19 heavy (non-hydrogen) atoms. The van der Waals surface area contributed by atoms with Crippen LogP contribution in [0.3, 0.4) is 0 Å². The molecule has 0 saturated heterocycles.